The molecule has 2 rings (SSSR count). The number of ketones is 1. The Bertz CT molecular complexity index is 865. The number of hydrogen-bond acceptors (Lipinski definition) is 8. The van der Waals surface area contributed by atoms with Crippen molar-refractivity contribution in [2.75, 3.05) is 25.6 Å². The number of methoxy groups -OCH3 is 1. The molecule has 0 unspecified atom stereocenters. The molecule has 9 nitrogen and oxygen atoms in total. The van der Waals surface area contributed by atoms with Crippen LogP contribution in [0.2, 0.25) is 0 Å². The van der Waals surface area contributed by atoms with Crippen LogP contribution in [0.3, 0.4) is 0 Å². The van der Waals surface area contributed by atoms with Gasteiger partial charge in [0.15, 0.2) is 6.10 Å². The molecule has 0 fully saturated rings. The third-order valence-electron chi connectivity index (χ3n) is 3.89. The summed E-state index contributed by atoms with van der Waals surface area (Å²) in [7, 11) is 1.50. The Balaban J connectivity index is 2.20. The van der Waals surface area contributed by atoms with Crippen molar-refractivity contribution in [2.45, 2.75) is 13.0 Å². The molecule has 1 atom stereocenters. The normalized spacial score (nSPS) is 11.4. The van der Waals surface area contributed by atoms with Gasteiger partial charge in [-0.25, -0.2) is 4.79 Å². The number of anilines is 1. The molecule has 0 aliphatic carbocycles. The molecule has 0 radical (unpaired) electrons. The van der Waals surface area contributed by atoms with Crippen LogP contribution in [0.1, 0.15) is 27.6 Å². The van der Waals surface area contributed by atoms with Crippen molar-refractivity contribution in [3.8, 4) is 5.75 Å². The highest BCUT2D eigenvalue weighted by atomic mass is 16.6. The number of nitrogens with one attached hydrogen (secondary N) is 1. The lowest BCUT2D eigenvalue weighted by Gasteiger charge is -2.15. The number of nitro benzene ring substituents is 1. The molecule has 2 aromatic rings. The van der Waals surface area contributed by atoms with Crippen molar-refractivity contribution in [3.63, 3.8) is 0 Å². The fourth-order valence-corrected chi connectivity index (χ4v) is 2.43. The third-order valence-corrected chi connectivity index (χ3v) is 3.89. The van der Waals surface area contributed by atoms with Gasteiger partial charge in [0.2, 0.25) is 5.78 Å². The van der Waals surface area contributed by atoms with E-state index in [-0.39, 0.29) is 30.1 Å². The smallest absolute Gasteiger partial charge is 0.341 e. The fraction of sp³-hybridized carbons (Fsp3) is 0.263. The van der Waals surface area contributed by atoms with Crippen molar-refractivity contribution in [1.29, 1.82) is 0 Å². The zero-order chi connectivity index (χ0) is 20.7. The first-order valence-corrected chi connectivity index (χ1v) is 8.39. The van der Waals surface area contributed by atoms with Crippen LogP contribution in [0.5, 0.6) is 5.75 Å². The molecule has 0 aliphatic rings. The molecular weight excluding hydrogens is 368 g/mol. The number of Topliss-reactive ketones (excluding diaryl/α,β-unsaturated/α-hetero) is 1. The average molecular weight is 388 g/mol. The molecule has 2 N–H and O–H groups in total. The van der Waals surface area contributed by atoms with Crippen LogP contribution >= 0.6 is 0 Å². The molecule has 0 bridgehead atoms. The maximum absolute atomic E-state index is 12.5. The lowest BCUT2D eigenvalue weighted by atomic mass is 10.1. The molecular formula is C19H20N2O7. The van der Waals surface area contributed by atoms with Gasteiger partial charge in [-0.05, 0) is 37.3 Å². The van der Waals surface area contributed by atoms with Crippen LogP contribution in [0.15, 0.2) is 42.5 Å². The maximum Gasteiger partial charge on any atom is 0.341 e. The summed E-state index contributed by atoms with van der Waals surface area (Å²) in [4.78, 5) is 35.4. The Morgan fingerprint density at radius 3 is 2.46 bits per heavy atom. The number of benzene rings is 2. The van der Waals surface area contributed by atoms with Crippen LogP contribution in [0.4, 0.5) is 11.4 Å². The van der Waals surface area contributed by atoms with Gasteiger partial charge < -0.3 is 19.9 Å². The van der Waals surface area contributed by atoms with Crippen LogP contribution < -0.4 is 10.1 Å². The summed E-state index contributed by atoms with van der Waals surface area (Å²) in [6.07, 6.45) is -1.11. The van der Waals surface area contributed by atoms with E-state index in [2.05, 4.69) is 5.32 Å². The second kappa shape index (κ2) is 9.47. The molecule has 28 heavy (non-hydrogen) atoms. The molecule has 0 amide bonds. The monoisotopic (exact) mass is 388 g/mol. The second-order valence-electron chi connectivity index (χ2n) is 5.78. The summed E-state index contributed by atoms with van der Waals surface area (Å²) in [6.45, 7) is 1.36. The number of esters is 1. The molecule has 148 valence electrons. The molecule has 9 heteroatoms. The van der Waals surface area contributed by atoms with Gasteiger partial charge in [-0.2, -0.15) is 0 Å². The molecule has 0 saturated heterocycles. The number of non-ortho nitro benzene ring substituents is 1. The number of aliphatic hydroxyl groups is 1. The minimum Gasteiger partial charge on any atom is -0.497 e. The third kappa shape index (κ3) is 5.04. The summed E-state index contributed by atoms with van der Waals surface area (Å²) >= 11 is 0. The summed E-state index contributed by atoms with van der Waals surface area (Å²) in [6, 6.07) is 9.95. The topological polar surface area (TPSA) is 128 Å². The van der Waals surface area contributed by atoms with Crippen LogP contribution in [0.25, 0.3) is 0 Å². The van der Waals surface area contributed by atoms with Crippen LogP contribution in [0, 0.1) is 10.1 Å². The van der Waals surface area contributed by atoms with Gasteiger partial charge in [-0.1, -0.05) is 0 Å². The Kier molecular flexibility index (Phi) is 7.05. The standard InChI is InChI=1S/C19H20N2O7/c1-12(18(23)13-3-6-15(27-2)7-4-13)28-19(24)16-11-14(21(25)26)5-8-17(16)20-9-10-22/h3-8,11-12,20,22H,9-10H2,1-2H3/t12-/m1/s1. The van der Waals surface area contributed by atoms with E-state index in [9.17, 15) is 19.7 Å². The largest absolute Gasteiger partial charge is 0.497 e. The Labute approximate surface area is 161 Å². The lowest BCUT2D eigenvalue weighted by molar-refractivity contribution is -0.384. The minimum absolute atomic E-state index is 0.1000. The van der Waals surface area contributed by atoms with E-state index in [1.54, 1.807) is 24.3 Å². The summed E-state index contributed by atoms with van der Waals surface area (Å²) < 4.78 is 10.3. The predicted molar refractivity (Wildman–Crippen MR) is 101 cm³/mol. The van der Waals surface area contributed by atoms with Crippen molar-refractivity contribution in [3.05, 3.63) is 63.7 Å². The van der Waals surface area contributed by atoms with Gasteiger partial charge >= 0.3 is 5.97 Å². The summed E-state index contributed by atoms with van der Waals surface area (Å²) in [5.41, 5.74) is 0.195. The Morgan fingerprint density at radius 1 is 1.21 bits per heavy atom. The minimum atomic E-state index is -1.11. The molecule has 0 heterocycles. The summed E-state index contributed by atoms with van der Waals surface area (Å²) in [5.74, 6) is -0.734. The number of ether oxygens (including phenoxy) is 2. The maximum atomic E-state index is 12.5. The highest BCUT2D eigenvalue weighted by Crippen LogP contribution is 2.24. The molecule has 0 aliphatic heterocycles. The van der Waals surface area contributed by atoms with E-state index >= 15 is 0 Å². The van der Waals surface area contributed by atoms with E-state index in [0.717, 1.165) is 6.07 Å². The quantitative estimate of drug-likeness (QED) is 0.290. The van der Waals surface area contributed by atoms with Crippen molar-refractivity contribution in [1.82, 2.24) is 0 Å². The predicted octanol–water partition coefficient (Wildman–Crippen LogP) is 2.44. The van der Waals surface area contributed by atoms with E-state index in [1.165, 1.54) is 26.2 Å². The van der Waals surface area contributed by atoms with E-state index < -0.39 is 22.8 Å². The SMILES string of the molecule is COc1ccc(C(=O)[C@@H](C)OC(=O)c2cc([N+](=O)[O-])ccc2NCCO)cc1. The van der Waals surface area contributed by atoms with Crippen molar-refractivity contribution in [2.24, 2.45) is 0 Å². The number of nitro groups is 1. The second-order valence-corrected chi connectivity index (χ2v) is 5.78. The Hall–Kier alpha value is -3.46. The zero-order valence-corrected chi connectivity index (χ0v) is 15.4. The average Bonchev–Trinajstić information content (AvgIpc) is 2.71. The number of hydrogen-bond donors (Lipinski definition) is 2. The molecule has 0 spiro atoms. The van der Waals surface area contributed by atoms with Gasteiger partial charge in [0.25, 0.3) is 5.69 Å². The van der Waals surface area contributed by atoms with Gasteiger partial charge in [0, 0.05) is 29.9 Å². The first-order valence-electron chi connectivity index (χ1n) is 8.39. The van der Waals surface area contributed by atoms with Crippen LogP contribution in [-0.2, 0) is 4.74 Å². The van der Waals surface area contributed by atoms with E-state index in [4.69, 9.17) is 14.6 Å². The Morgan fingerprint density at radius 2 is 1.89 bits per heavy atom. The van der Waals surface area contributed by atoms with E-state index in [1.807, 2.05) is 0 Å². The van der Waals surface area contributed by atoms with Crippen LogP contribution in [-0.4, -0.2) is 48.1 Å². The molecule has 2 aromatic carbocycles. The van der Waals surface area contributed by atoms with Crippen molar-refractivity contribution < 1.29 is 29.1 Å². The first kappa shape index (κ1) is 20.8. The van der Waals surface area contributed by atoms with Gasteiger partial charge in [-0.3, -0.25) is 14.9 Å². The number of rotatable bonds is 9. The highest BCUT2D eigenvalue weighted by molar-refractivity contribution is 6.02. The van der Waals surface area contributed by atoms with Gasteiger partial charge in [0.1, 0.15) is 5.75 Å². The molecule has 0 aromatic heterocycles. The fourth-order valence-electron chi connectivity index (χ4n) is 2.43. The highest BCUT2D eigenvalue weighted by Gasteiger charge is 2.24. The van der Waals surface area contributed by atoms with Gasteiger partial charge in [0.05, 0.1) is 24.2 Å². The first-order chi connectivity index (χ1) is 13.4. The number of carbonyl (C=O) groups excluding carboxylic acids is 2. The zero-order valence-electron chi connectivity index (χ0n) is 15.4. The number of aliphatic hydroxyl groups excluding tert-OH is 1. The van der Waals surface area contributed by atoms with E-state index in [0.29, 0.717) is 11.3 Å². The number of nitrogens with zero attached hydrogens (tertiary/aromatic N) is 1. The van der Waals surface area contributed by atoms with Gasteiger partial charge in [-0.15, -0.1) is 0 Å². The lowest BCUT2D eigenvalue weighted by Crippen LogP contribution is -2.25. The summed E-state index contributed by atoms with van der Waals surface area (Å²) in [5, 5.41) is 22.7. The van der Waals surface area contributed by atoms with Crippen molar-refractivity contribution >= 4 is 23.1 Å². The number of carbonyl (C=O) groups is 2. The molecule has 0 saturated carbocycles.